The van der Waals surface area contributed by atoms with E-state index in [1.165, 1.54) is 38.5 Å². The minimum Gasteiger partial charge on any atom is -0.391 e. The molecule has 0 aliphatic carbocycles. The van der Waals surface area contributed by atoms with E-state index in [0.717, 1.165) is 12.8 Å². The van der Waals surface area contributed by atoms with Gasteiger partial charge in [0.2, 0.25) is 0 Å². The lowest BCUT2D eigenvalue weighted by Gasteiger charge is -2.10. The van der Waals surface area contributed by atoms with Gasteiger partial charge in [-0.25, -0.2) is 0 Å². The molecule has 0 rings (SSSR count). The van der Waals surface area contributed by atoms with Gasteiger partial charge >= 0.3 is 0 Å². The van der Waals surface area contributed by atoms with Crippen molar-refractivity contribution in [2.24, 2.45) is 0 Å². The van der Waals surface area contributed by atoms with Crippen LogP contribution in [-0.4, -0.2) is 38.1 Å². The molecule has 0 heterocycles. The molecule has 0 bridgehead atoms. The molecule has 1 atom stereocenters. The van der Waals surface area contributed by atoms with Gasteiger partial charge in [0.25, 0.3) is 0 Å². The lowest BCUT2D eigenvalue weighted by molar-refractivity contribution is 0.00954. The summed E-state index contributed by atoms with van der Waals surface area (Å²) in [5, 5.41) is 9.62. The molecular formula is C14H30O3. The summed E-state index contributed by atoms with van der Waals surface area (Å²) in [5.41, 5.74) is 0. The zero-order chi connectivity index (χ0) is 12.8. The van der Waals surface area contributed by atoms with Gasteiger partial charge in [-0.05, 0) is 6.42 Å². The van der Waals surface area contributed by atoms with Crippen molar-refractivity contribution >= 4 is 0 Å². The van der Waals surface area contributed by atoms with Crippen LogP contribution >= 0.6 is 0 Å². The lowest BCUT2D eigenvalue weighted by Crippen LogP contribution is -2.16. The van der Waals surface area contributed by atoms with Gasteiger partial charge in [-0.3, -0.25) is 0 Å². The third-order valence-electron chi connectivity index (χ3n) is 2.88. The Kier molecular flexibility index (Phi) is 13.8. The average Bonchev–Trinajstić information content (AvgIpc) is 2.33. The van der Waals surface area contributed by atoms with Crippen LogP contribution in [-0.2, 0) is 9.47 Å². The molecule has 0 aromatic rings. The Labute approximate surface area is 107 Å². The maximum Gasteiger partial charge on any atom is 0.0773 e. The molecule has 0 saturated heterocycles. The quantitative estimate of drug-likeness (QED) is 0.507. The van der Waals surface area contributed by atoms with Gasteiger partial charge in [0.05, 0.1) is 25.9 Å². The highest BCUT2D eigenvalue weighted by Crippen LogP contribution is 2.09. The number of ether oxygens (including phenoxy) is 2. The van der Waals surface area contributed by atoms with Crippen molar-refractivity contribution in [3.05, 3.63) is 0 Å². The van der Waals surface area contributed by atoms with E-state index >= 15 is 0 Å². The van der Waals surface area contributed by atoms with Gasteiger partial charge in [-0.15, -0.1) is 0 Å². The number of aliphatic hydroxyl groups is 1. The van der Waals surface area contributed by atoms with Crippen LogP contribution in [0.1, 0.15) is 58.3 Å². The van der Waals surface area contributed by atoms with Gasteiger partial charge in [-0.2, -0.15) is 0 Å². The van der Waals surface area contributed by atoms with E-state index in [9.17, 15) is 5.11 Å². The van der Waals surface area contributed by atoms with Crippen LogP contribution in [0, 0.1) is 0 Å². The molecule has 17 heavy (non-hydrogen) atoms. The fourth-order valence-electron chi connectivity index (χ4n) is 1.78. The van der Waals surface area contributed by atoms with Crippen molar-refractivity contribution in [1.82, 2.24) is 0 Å². The molecule has 1 N–H and O–H groups in total. The summed E-state index contributed by atoms with van der Waals surface area (Å²) < 4.78 is 10.1. The molecule has 0 aliphatic rings. The zero-order valence-electron chi connectivity index (χ0n) is 11.6. The predicted molar refractivity (Wildman–Crippen MR) is 71.3 cm³/mol. The van der Waals surface area contributed by atoms with E-state index in [1.54, 1.807) is 7.11 Å². The highest BCUT2D eigenvalue weighted by Gasteiger charge is 2.03. The normalized spacial score (nSPS) is 12.9. The molecule has 3 nitrogen and oxygen atoms in total. The fraction of sp³-hybridized carbons (Fsp3) is 1.00. The van der Waals surface area contributed by atoms with E-state index in [1.807, 2.05) is 0 Å². The Balaban J connectivity index is 3.08. The first-order valence-electron chi connectivity index (χ1n) is 7.06. The molecule has 104 valence electrons. The van der Waals surface area contributed by atoms with Crippen LogP contribution in [0.5, 0.6) is 0 Å². The average molecular weight is 246 g/mol. The molecule has 0 saturated carbocycles. The molecule has 3 heteroatoms. The minimum absolute atomic E-state index is 0.303. The Hall–Kier alpha value is -0.120. The van der Waals surface area contributed by atoms with Crippen LogP contribution in [0.15, 0.2) is 0 Å². The number of methoxy groups -OCH3 is 1. The Morgan fingerprint density at radius 2 is 1.59 bits per heavy atom. The molecule has 0 radical (unpaired) electrons. The van der Waals surface area contributed by atoms with Gasteiger partial charge in [0.15, 0.2) is 0 Å². The van der Waals surface area contributed by atoms with E-state index in [4.69, 9.17) is 9.47 Å². The molecule has 0 aliphatic heterocycles. The largest absolute Gasteiger partial charge is 0.391 e. The number of unbranched alkanes of at least 4 members (excludes halogenated alkanes) is 6. The molecule has 0 spiro atoms. The summed E-state index contributed by atoms with van der Waals surface area (Å²) in [5.74, 6) is 0. The summed E-state index contributed by atoms with van der Waals surface area (Å²) in [6.07, 6.45) is 9.57. The standard InChI is InChI=1S/C14H30O3/c1-3-4-5-6-7-8-9-10-14(15)13-17-12-11-16-2/h14-15H,3-13H2,1-2H3. The molecule has 0 fully saturated rings. The van der Waals surface area contributed by atoms with Crippen LogP contribution in [0.3, 0.4) is 0 Å². The van der Waals surface area contributed by atoms with E-state index in [-0.39, 0.29) is 6.10 Å². The molecule has 0 amide bonds. The van der Waals surface area contributed by atoms with Crippen molar-refractivity contribution in [2.75, 3.05) is 26.9 Å². The van der Waals surface area contributed by atoms with E-state index < -0.39 is 0 Å². The Morgan fingerprint density at radius 3 is 2.24 bits per heavy atom. The van der Waals surface area contributed by atoms with E-state index in [2.05, 4.69) is 6.92 Å². The maximum absolute atomic E-state index is 9.62. The van der Waals surface area contributed by atoms with Gasteiger partial charge in [0, 0.05) is 7.11 Å². The summed E-state index contributed by atoms with van der Waals surface area (Å²) in [6, 6.07) is 0. The maximum atomic E-state index is 9.62. The van der Waals surface area contributed by atoms with Crippen molar-refractivity contribution in [3.63, 3.8) is 0 Å². The van der Waals surface area contributed by atoms with Crippen LogP contribution in [0.25, 0.3) is 0 Å². The van der Waals surface area contributed by atoms with Gasteiger partial charge in [-0.1, -0.05) is 51.9 Å². The second-order valence-electron chi connectivity index (χ2n) is 4.63. The zero-order valence-corrected chi connectivity index (χ0v) is 11.6. The Morgan fingerprint density at radius 1 is 0.941 bits per heavy atom. The van der Waals surface area contributed by atoms with Crippen LogP contribution in [0.2, 0.25) is 0 Å². The first-order valence-corrected chi connectivity index (χ1v) is 7.06. The van der Waals surface area contributed by atoms with Crippen molar-refractivity contribution in [3.8, 4) is 0 Å². The highest BCUT2D eigenvalue weighted by molar-refractivity contribution is 4.55. The first-order chi connectivity index (χ1) is 8.31. The molecular weight excluding hydrogens is 216 g/mol. The van der Waals surface area contributed by atoms with Gasteiger partial charge in [0.1, 0.15) is 0 Å². The number of hydrogen-bond acceptors (Lipinski definition) is 3. The predicted octanol–water partition coefficient (Wildman–Crippen LogP) is 3.15. The second-order valence-corrected chi connectivity index (χ2v) is 4.63. The molecule has 1 unspecified atom stereocenters. The monoisotopic (exact) mass is 246 g/mol. The van der Waals surface area contributed by atoms with Gasteiger partial charge < -0.3 is 14.6 Å². The lowest BCUT2D eigenvalue weighted by atomic mass is 10.1. The summed E-state index contributed by atoms with van der Waals surface area (Å²) in [7, 11) is 1.65. The van der Waals surface area contributed by atoms with E-state index in [0.29, 0.717) is 19.8 Å². The third kappa shape index (κ3) is 13.8. The van der Waals surface area contributed by atoms with Crippen molar-refractivity contribution < 1.29 is 14.6 Å². The summed E-state index contributed by atoms with van der Waals surface area (Å²) >= 11 is 0. The topological polar surface area (TPSA) is 38.7 Å². The van der Waals surface area contributed by atoms with Crippen molar-refractivity contribution in [2.45, 2.75) is 64.4 Å². The second kappa shape index (κ2) is 13.9. The fourth-order valence-corrected chi connectivity index (χ4v) is 1.78. The van der Waals surface area contributed by atoms with Crippen molar-refractivity contribution in [1.29, 1.82) is 0 Å². The number of aliphatic hydroxyl groups excluding tert-OH is 1. The smallest absolute Gasteiger partial charge is 0.0773 e. The highest BCUT2D eigenvalue weighted by atomic mass is 16.5. The van der Waals surface area contributed by atoms with Crippen LogP contribution < -0.4 is 0 Å². The molecule has 0 aromatic carbocycles. The SMILES string of the molecule is CCCCCCCCCC(O)COCCOC. The summed E-state index contributed by atoms with van der Waals surface area (Å²) in [4.78, 5) is 0. The first kappa shape index (κ1) is 16.9. The van der Waals surface area contributed by atoms with Crippen LogP contribution in [0.4, 0.5) is 0 Å². The number of hydrogen-bond donors (Lipinski definition) is 1. The minimum atomic E-state index is -0.303. The third-order valence-corrected chi connectivity index (χ3v) is 2.88. The number of rotatable bonds is 13. The Bertz CT molecular complexity index is 139. The summed E-state index contributed by atoms with van der Waals surface area (Å²) in [6.45, 7) is 3.86. The molecule has 0 aromatic heterocycles.